The molecule has 1 aliphatic rings. The van der Waals surface area contributed by atoms with Gasteiger partial charge in [0, 0.05) is 24.7 Å². The second-order valence-electron chi connectivity index (χ2n) is 4.63. The number of aryl methyl sites for hydroxylation is 1. The van der Waals surface area contributed by atoms with Crippen molar-refractivity contribution < 1.29 is 0 Å². The molecule has 1 fully saturated rings. The molecule has 1 aromatic heterocycles. The van der Waals surface area contributed by atoms with E-state index in [1.165, 1.54) is 11.3 Å². The van der Waals surface area contributed by atoms with Crippen LogP contribution in [0.3, 0.4) is 0 Å². The number of nitrogens with zero attached hydrogens (tertiary/aromatic N) is 2. The Bertz CT molecular complexity index is 338. The largest absolute Gasteiger partial charge is 0.327 e. The molecule has 0 radical (unpaired) electrons. The molecule has 1 heterocycles. The summed E-state index contributed by atoms with van der Waals surface area (Å²) in [6, 6.07) is 0.301. The topological polar surface area (TPSA) is 43.8 Å². The van der Waals surface area contributed by atoms with Crippen molar-refractivity contribution in [3.8, 4) is 0 Å². The Labute approximate surface area is 78.9 Å². The summed E-state index contributed by atoms with van der Waals surface area (Å²) in [6.07, 6.45) is 1.95. The Morgan fingerprint density at radius 2 is 2.08 bits per heavy atom. The van der Waals surface area contributed by atoms with Gasteiger partial charge in [-0.05, 0) is 17.9 Å². The number of hydrogen-bond donors (Lipinski definition) is 1. The molecule has 72 valence electrons. The van der Waals surface area contributed by atoms with Crippen LogP contribution in [-0.2, 0) is 7.05 Å². The maximum absolute atomic E-state index is 6.02. The first-order valence-corrected chi connectivity index (χ1v) is 4.70. The quantitative estimate of drug-likeness (QED) is 0.703. The highest BCUT2D eigenvalue weighted by Crippen LogP contribution is 2.57. The van der Waals surface area contributed by atoms with Crippen molar-refractivity contribution in [2.75, 3.05) is 0 Å². The highest BCUT2D eigenvalue weighted by atomic mass is 15.3. The van der Waals surface area contributed by atoms with Gasteiger partial charge in [0.1, 0.15) is 0 Å². The first-order chi connectivity index (χ1) is 5.96. The van der Waals surface area contributed by atoms with Gasteiger partial charge in [-0.1, -0.05) is 13.8 Å². The Morgan fingerprint density at radius 3 is 2.38 bits per heavy atom. The van der Waals surface area contributed by atoms with E-state index in [1.54, 1.807) is 0 Å². The number of hydrogen-bond acceptors (Lipinski definition) is 2. The zero-order valence-corrected chi connectivity index (χ0v) is 8.70. The van der Waals surface area contributed by atoms with Crippen LogP contribution >= 0.6 is 0 Å². The fraction of sp³-hybridized carbons (Fsp3) is 0.700. The molecule has 0 bridgehead atoms. The highest BCUT2D eigenvalue weighted by molar-refractivity contribution is 5.35. The Hall–Kier alpha value is -0.830. The minimum Gasteiger partial charge on any atom is -0.327 e. The summed E-state index contributed by atoms with van der Waals surface area (Å²) >= 11 is 0. The fourth-order valence-electron chi connectivity index (χ4n) is 2.09. The van der Waals surface area contributed by atoms with Crippen LogP contribution in [0.2, 0.25) is 0 Å². The van der Waals surface area contributed by atoms with E-state index in [4.69, 9.17) is 5.73 Å². The number of aromatic nitrogens is 2. The van der Waals surface area contributed by atoms with Crippen molar-refractivity contribution in [3.63, 3.8) is 0 Å². The molecule has 3 nitrogen and oxygen atoms in total. The van der Waals surface area contributed by atoms with Gasteiger partial charge in [-0.25, -0.2) is 0 Å². The average Bonchev–Trinajstić information content (AvgIpc) is 2.39. The fourth-order valence-corrected chi connectivity index (χ4v) is 2.09. The van der Waals surface area contributed by atoms with Gasteiger partial charge in [0.15, 0.2) is 0 Å². The lowest BCUT2D eigenvalue weighted by atomic mass is 10.0. The maximum atomic E-state index is 6.02. The van der Waals surface area contributed by atoms with E-state index in [-0.39, 0.29) is 5.41 Å². The third-order valence-corrected chi connectivity index (χ3v) is 3.52. The van der Waals surface area contributed by atoms with E-state index in [0.29, 0.717) is 12.0 Å². The third-order valence-electron chi connectivity index (χ3n) is 3.52. The molecule has 2 atom stereocenters. The molecule has 0 saturated heterocycles. The SMILES string of the molecule is Cc1c(C2C(N)C2(C)C)cnn1C. The van der Waals surface area contributed by atoms with E-state index in [0.717, 1.165) is 0 Å². The molecule has 1 aliphatic carbocycles. The van der Waals surface area contributed by atoms with Crippen molar-refractivity contribution in [3.05, 3.63) is 17.5 Å². The molecular formula is C10H17N3. The summed E-state index contributed by atoms with van der Waals surface area (Å²) < 4.78 is 1.91. The average molecular weight is 179 g/mol. The van der Waals surface area contributed by atoms with E-state index in [9.17, 15) is 0 Å². The Morgan fingerprint density at radius 1 is 1.54 bits per heavy atom. The monoisotopic (exact) mass is 179 g/mol. The van der Waals surface area contributed by atoms with Gasteiger partial charge in [-0.2, -0.15) is 5.10 Å². The molecule has 0 aliphatic heterocycles. The summed E-state index contributed by atoms with van der Waals surface area (Å²) in [5.74, 6) is 0.501. The van der Waals surface area contributed by atoms with Crippen molar-refractivity contribution in [2.24, 2.45) is 18.2 Å². The van der Waals surface area contributed by atoms with Gasteiger partial charge in [-0.3, -0.25) is 4.68 Å². The molecule has 3 heteroatoms. The predicted octanol–water partition coefficient (Wildman–Crippen LogP) is 1.18. The standard InChI is InChI=1S/C10H17N3/c1-6-7(5-12-13(6)4)8-9(11)10(8,2)3/h5,8-9H,11H2,1-4H3. The van der Waals surface area contributed by atoms with Gasteiger partial charge in [0.2, 0.25) is 0 Å². The third kappa shape index (κ3) is 1.03. The molecule has 0 aromatic carbocycles. The van der Waals surface area contributed by atoms with Crippen LogP contribution in [0, 0.1) is 12.3 Å². The normalized spacial score (nSPS) is 30.5. The van der Waals surface area contributed by atoms with E-state index in [2.05, 4.69) is 25.9 Å². The molecule has 13 heavy (non-hydrogen) atoms. The summed E-state index contributed by atoms with van der Waals surface area (Å²) in [5.41, 5.74) is 8.84. The lowest BCUT2D eigenvalue weighted by molar-refractivity contribution is 0.598. The van der Waals surface area contributed by atoms with Crippen LogP contribution in [0.1, 0.15) is 31.0 Å². The highest BCUT2D eigenvalue weighted by Gasteiger charge is 2.57. The molecule has 0 spiro atoms. The zero-order valence-electron chi connectivity index (χ0n) is 8.70. The summed E-state index contributed by atoms with van der Waals surface area (Å²) in [4.78, 5) is 0. The molecule has 2 rings (SSSR count). The van der Waals surface area contributed by atoms with Gasteiger partial charge >= 0.3 is 0 Å². The van der Waals surface area contributed by atoms with Gasteiger partial charge in [0.25, 0.3) is 0 Å². The lowest BCUT2D eigenvalue weighted by Gasteiger charge is -2.01. The minimum absolute atomic E-state index is 0.258. The summed E-state index contributed by atoms with van der Waals surface area (Å²) in [7, 11) is 1.97. The maximum Gasteiger partial charge on any atom is 0.0528 e. The van der Waals surface area contributed by atoms with E-state index < -0.39 is 0 Å². The second kappa shape index (κ2) is 2.35. The zero-order chi connectivity index (χ0) is 9.80. The number of rotatable bonds is 1. The minimum atomic E-state index is 0.258. The van der Waals surface area contributed by atoms with Crippen LogP contribution in [0.25, 0.3) is 0 Å². The second-order valence-corrected chi connectivity index (χ2v) is 4.63. The van der Waals surface area contributed by atoms with Crippen molar-refractivity contribution in [1.29, 1.82) is 0 Å². The van der Waals surface area contributed by atoms with Gasteiger partial charge in [-0.15, -0.1) is 0 Å². The van der Waals surface area contributed by atoms with Crippen LogP contribution < -0.4 is 5.73 Å². The molecule has 0 amide bonds. The molecular weight excluding hydrogens is 162 g/mol. The molecule has 2 N–H and O–H groups in total. The summed E-state index contributed by atoms with van der Waals surface area (Å²) in [6.45, 7) is 6.53. The summed E-state index contributed by atoms with van der Waals surface area (Å²) in [5, 5.41) is 4.24. The van der Waals surface area contributed by atoms with Crippen LogP contribution in [0.15, 0.2) is 6.20 Å². The van der Waals surface area contributed by atoms with E-state index >= 15 is 0 Å². The van der Waals surface area contributed by atoms with Crippen LogP contribution in [-0.4, -0.2) is 15.8 Å². The first kappa shape index (κ1) is 8.75. The van der Waals surface area contributed by atoms with Gasteiger partial charge < -0.3 is 5.73 Å². The van der Waals surface area contributed by atoms with Crippen LogP contribution in [0.4, 0.5) is 0 Å². The molecule has 2 unspecified atom stereocenters. The van der Waals surface area contributed by atoms with Crippen molar-refractivity contribution >= 4 is 0 Å². The molecule has 1 aromatic rings. The van der Waals surface area contributed by atoms with E-state index in [1.807, 2.05) is 17.9 Å². The Balaban J connectivity index is 2.34. The van der Waals surface area contributed by atoms with Crippen LogP contribution in [0.5, 0.6) is 0 Å². The van der Waals surface area contributed by atoms with Crippen molar-refractivity contribution in [1.82, 2.24) is 9.78 Å². The smallest absolute Gasteiger partial charge is 0.0528 e. The predicted molar refractivity (Wildman–Crippen MR) is 52.4 cm³/mol. The first-order valence-electron chi connectivity index (χ1n) is 4.70. The Kier molecular flexibility index (Phi) is 1.58. The van der Waals surface area contributed by atoms with Crippen molar-refractivity contribution in [2.45, 2.75) is 32.7 Å². The number of nitrogens with two attached hydrogens (primary N) is 1. The van der Waals surface area contributed by atoms with Gasteiger partial charge in [0.05, 0.1) is 6.20 Å². The lowest BCUT2D eigenvalue weighted by Crippen LogP contribution is -2.06. The molecule has 1 saturated carbocycles.